The molecule has 0 saturated carbocycles. The molecular weight excluding hydrogens is 169 g/mol. The van der Waals surface area contributed by atoms with Crippen molar-refractivity contribution < 1.29 is 13.1 Å². The predicted molar refractivity (Wildman–Crippen MR) is 44.7 cm³/mol. The van der Waals surface area contributed by atoms with Gasteiger partial charge in [-0.3, -0.25) is 4.70 Å². The Bertz CT molecular complexity index is 211. The van der Waals surface area contributed by atoms with E-state index in [0.29, 0.717) is 0 Å². The number of sulfonamides is 1. The van der Waals surface area contributed by atoms with Gasteiger partial charge in [0.2, 0.25) is 10.0 Å². The van der Waals surface area contributed by atoms with Crippen LogP contribution in [0.3, 0.4) is 0 Å². The van der Waals surface area contributed by atoms with Crippen molar-refractivity contribution in [3.8, 4) is 0 Å². The molecule has 0 aliphatic carbocycles. The van der Waals surface area contributed by atoms with Crippen molar-refractivity contribution in [1.29, 1.82) is 0 Å². The third kappa shape index (κ3) is 7.21. The average Bonchev–Trinajstić information content (AvgIpc) is 1.84. The number of nitrogens with one attached hydrogen (secondary N) is 1. The highest BCUT2D eigenvalue weighted by Gasteiger charge is 2.03. The van der Waals surface area contributed by atoms with Gasteiger partial charge in [-0.2, -0.15) is 0 Å². The van der Waals surface area contributed by atoms with Crippen LogP contribution < -0.4 is 4.72 Å². The van der Waals surface area contributed by atoms with Crippen molar-refractivity contribution in [1.82, 2.24) is 4.72 Å². The Morgan fingerprint density at radius 2 is 1.82 bits per heavy atom. The van der Waals surface area contributed by atoms with E-state index in [1.165, 1.54) is 12.2 Å². The lowest BCUT2D eigenvalue weighted by atomic mass is 10.7. The lowest BCUT2D eigenvalue weighted by Crippen LogP contribution is -2.25. The molecule has 3 nitrogen and oxygen atoms in total. The standard InChI is InChI=1S/C6H11NO2S.FH/c1-3-5-7-10(8,9)6-4-2;/h3-4,7H,1-2,5-6H2;1H. The van der Waals surface area contributed by atoms with E-state index in [4.69, 9.17) is 0 Å². The number of hydrogen-bond donors (Lipinski definition) is 1. The Labute approximate surface area is 66.2 Å². The zero-order valence-corrected chi connectivity index (χ0v) is 6.93. The molecule has 0 atom stereocenters. The van der Waals surface area contributed by atoms with Gasteiger partial charge in [0.25, 0.3) is 0 Å². The maximum absolute atomic E-state index is 10.8. The van der Waals surface area contributed by atoms with Crippen LogP contribution in [0.25, 0.3) is 0 Å². The molecule has 66 valence electrons. The second-order valence-corrected chi connectivity index (χ2v) is 3.56. The zero-order chi connectivity index (χ0) is 8.04. The van der Waals surface area contributed by atoms with Gasteiger partial charge in [-0.25, -0.2) is 13.1 Å². The zero-order valence-electron chi connectivity index (χ0n) is 6.12. The lowest BCUT2D eigenvalue weighted by molar-refractivity contribution is 0.589. The Hall–Kier alpha value is -0.680. The maximum Gasteiger partial charge on any atom is 0.215 e. The first kappa shape index (κ1) is 12.9. The molecule has 0 rings (SSSR count). The van der Waals surface area contributed by atoms with Gasteiger partial charge in [-0.05, 0) is 0 Å². The highest BCUT2D eigenvalue weighted by molar-refractivity contribution is 7.89. The maximum atomic E-state index is 10.8. The second-order valence-electron chi connectivity index (χ2n) is 1.71. The monoisotopic (exact) mass is 181 g/mol. The Morgan fingerprint density at radius 3 is 2.18 bits per heavy atom. The summed E-state index contributed by atoms with van der Waals surface area (Å²) >= 11 is 0. The molecule has 0 aromatic carbocycles. The average molecular weight is 181 g/mol. The molecule has 0 aromatic heterocycles. The normalized spacial score (nSPS) is 9.82. The second kappa shape index (κ2) is 6.06. The third-order valence-corrected chi connectivity index (χ3v) is 2.07. The van der Waals surface area contributed by atoms with Gasteiger partial charge in [0.1, 0.15) is 0 Å². The highest BCUT2D eigenvalue weighted by atomic mass is 32.2. The summed E-state index contributed by atoms with van der Waals surface area (Å²) in [5.74, 6) is -0.0408. The Kier molecular flexibility index (Phi) is 7.13. The molecular formula is C6H12FNO2S. The molecule has 0 aromatic rings. The molecule has 0 amide bonds. The molecule has 5 heteroatoms. The van der Waals surface area contributed by atoms with Crippen LogP contribution in [0, 0.1) is 0 Å². The number of halogens is 1. The lowest BCUT2D eigenvalue weighted by Gasteiger charge is -1.98. The SMILES string of the molecule is C=CCNS(=O)(=O)CC=C.F. The van der Waals surface area contributed by atoms with Crippen molar-refractivity contribution in [2.75, 3.05) is 12.3 Å². The molecule has 0 saturated heterocycles. The third-order valence-electron chi connectivity index (χ3n) is 0.785. The van der Waals surface area contributed by atoms with E-state index in [9.17, 15) is 8.42 Å². The van der Waals surface area contributed by atoms with Crippen LogP contribution in [-0.2, 0) is 10.0 Å². The smallest absolute Gasteiger partial charge is 0.215 e. The summed E-state index contributed by atoms with van der Waals surface area (Å²) in [6.45, 7) is 6.95. The number of hydrogen-bond acceptors (Lipinski definition) is 2. The molecule has 0 unspecified atom stereocenters. The molecule has 1 N–H and O–H groups in total. The van der Waals surface area contributed by atoms with Crippen molar-refractivity contribution in [3.05, 3.63) is 25.3 Å². The summed E-state index contributed by atoms with van der Waals surface area (Å²) in [4.78, 5) is 0. The van der Waals surface area contributed by atoms with E-state index in [-0.39, 0.29) is 17.0 Å². The van der Waals surface area contributed by atoms with Crippen molar-refractivity contribution >= 4 is 10.0 Å². The summed E-state index contributed by atoms with van der Waals surface area (Å²) in [5, 5.41) is 0. The van der Waals surface area contributed by atoms with Crippen LogP contribution in [0.5, 0.6) is 0 Å². The highest BCUT2D eigenvalue weighted by Crippen LogP contribution is 1.82. The van der Waals surface area contributed by atoms with Crippen LogP contribution in [0.1, 0.15) is 0 Å². The van der Waals surface area contributed by atoms with Gasteiger partial charge < -0.3 is 0 Å². The first-order chi connectivity index (χ1) is 4.62. The van der Waals surface area contributed by atoms with E-state index in [1.807, 2.05) is 0 Å². The van der Waals surface area contributed by atoms with Gasteiger partial charge in [0, 0.05) is 6.54 Å². The van der Waals surface area contributed by atoms with E-state index >= 15 is 0 Å². The summed E-state index contributed by atoms with van der Waals surface area (Å²) in [5.41, 5.74) is 0. The largest absolute Gasteiger partial charge is 0.269 e. The summed E-state index contributed by atoms with van der Waals surface area (Å²) in [7, 11) is -3.13. The molecule has 0 radical (unpaired) electrons. The minimum absolute atomic E-state index is 0. The summed E-state index contributed by atoms with van der Waals surface area (Å²) in [6.07, 6.45) is 2.83. The van der Waals surface area contributed by atoms with Gasteiger partial charge in [-0.15, -0.1) is 13.2 Å². The van der Waals surface area contributed by atoms with Crippen molar-refractivity contribution in [2.45, 2.75) is 0 Å². The quantitative estimate of drug-likeness (QED) is 0.625. The molecule has 0 fully saturated rings. The van der Waals surface area contributed by atoms with E-state index in [2.05, 4.69) is 17.9 Å². The minimum Gasteiger partial charge on any atom is -0.269 e. The number of rotatable bonds is 5. The summed E-state index contributed by atoms with van der Waals surface area (Å²) in [6, 6.07) is 0. The topological polar surface area (TPSA) is 46.2 Å². The fraction of sp³-hybridized carbons (Fsp3) is 0.333. The van der Waals surface area contributed by atoms with Crippen molar-refractivity contribution in [2.24, 2.45) is 0 Å². The molecule has 0 aliphatic rings. The van der Waals surface area contributed by atoms with Gasteiger partial charge in [0.15, 0.2) is 0 Å². The van der Waals surface area contributed by atoms with E-state index in [0.717, 1.165) is 0 Å². The Morgan fingerprint density at radius 1 is 1.27 bits per heavy atom. The molecule has 0 spiro atoms. The Balaban J connectivity index is 0. The van der Waals surface area contributed by atoms with Crippen molar-refractivity contribution in [3.63, 3.8) is 0 Å². The summed E-state index contributed by atoms with van der Waals surface area (Å²) < 4.78 is 23.8. The van der Waals surface area contributed by atoms with Crippen LogP contribution >= 0.6 is 0 Å². The fourth-order valence-corrected chi connectivity index (χ4v) is 1.20. The van der Waals surface area contributed by atoms with Gasteiger partial charge in [0.05, 0.1) is 5.75 Å². The fourth-order valence-electron chi connectivity index (χ4n) is 0.400. The van der Waals surface area contributed by atoms with Crippen LogP contribution in [0.4, 0.5) is 4.70 Å². The van der Waals surface area contributed by atoms with E-state index in [1.54, 1.807) is 0 Å². The molecule has 0 bridgehead atoms. The molecule has 0 heterocycles. The molecule has 0 aliphatic heterocycles. The molecule has 11 heavy (non-hydrogen) atoms. The van der Waals surface area contributed by atoms with E-state index < -0.39 is 10.0 Å². The minimum atomic E-state index is -3.13. The first-order valence-electron chi connectivity index (χ1n) is 2.81. The van der Waals surface area contributed by atoms with Gasteiger partial charge >= 0.3 is 0 Å². The van der Waals surface area contributed by atoms with Crippen LogP contribution in [0.15, 0.2) is 25.3 Å². The first-order valence-corrected chi connectivity index (χ1v) is 4.46. The predicted octanol–water partition coefficient (Wildman–Crippen LogP) is 0.430. The van der Waals surface area contributed by atoms with Crippen LogP contribution in [-0.4, -0.2) is 20.7 Å². The van der Waals surface area contributed by atoms with Gasteiger partial charge in [-0.1, -0.05) is 12.2 Å². The van der Waals surface area contributed by atoms with Crippen LogP contribution in [0.2, 0.25) is 0 Å².